The van der Waals surface area contributed by atoms with E-state index in [2.05, 4.69) is 30.7 Å². The molecule has 0 saturated carbocycles. The number of nitrogens with zero attached hydrogens (tertiary/aromatic N) is 2. The number of nitrogens with two attached hydrogens (primary N) is 1. The van der Waals surface area contributed by atoms with Gasteiger partial charge >= 0.3 is 0 Å². The van der Waals surface area contributed by atoms with Crippen molar-refractivity contribution in [1.29, 1.82) is 5.41 Å². The lowest BCUT2D eigenvalue weighted by Gasteiger charge is -2.29. The summed E-state index contributed by atoms with van der Waals surface area (Å²) in [5, 5.41) is 7.52. The molecular weight excluding hydrogens is 200 g/mol. The lowest BCUT2D eigenvalue weighted by atomic mass is 9.96. The summed E-state index contributed by atoms with van der Waals surface area (Å²) in [6.07, 6.45) is 3.41. The molecule has 0 fully saturated rings. The van der Waals surface area contributed by atoms with Gasteiger partial charge in [0.05, 0.1) is 11.9 Å². The van der Waals surface area contributed by atoms with Crippen molar-refractivity contribution in [1.82, 2.24) is 4.98 Å². The molecule has 0 aliphatic rings. The molecule has 0 saturated heterocycles. The molecule has 4 nitrogen and oxygen atoms in total. The fourth-order valence-corrected chi connectivity index (χ4v) is 1.71. The van der Waals surface area contributed by atoms with E-state index in [9.17, 15) is 0 Å². The largest absolute Gasteiger partial charge is 0.384 e. The van der Waals surface area contributed by atoms with Crippen LogP contribution in [-0.2, 0) is 0 Å². The van der Waals surface area contributed by atoms with Crippen molar-refractivity contribution in [3.05, 3.63) is 24.0 Å². The Bertz CT molecular complexity index is 379. The Morgan fingerprint density at radius 1 is 1.50 bits per heavy atom. The summed E-state index contributed by atoms with van der Waals surface area (Å²) in [5.74, 6) is 0.0816. The standard InChI is InChI=1S/C12H20N4/c1-12(2,3)8-16(4)10-7-15-6-5-9(10)11(13)14/h5-7H,8H2,1-4H3,(H3,13,14). The monoisotopic (exact) mass is 220 g/mol. The highest BCUT2D eigenvalue weighted by molar-refractivity contribution is 6.00. The number of nitrogen functional groups attached to an aromatic ring is 1. The van der Waals surface area contributed by atoms with Gasteiger partial charge in [0.2, 0.25) is 0 Å². The molecule has 1 aromatic rings. The highest BCUT2D eigenvalue weighted by atomic mass is 15.1. The number of hydrogen-bond donors (Lipinski definition) is 2. The first-order valence-corrected chi connectivity index (χ1v) is 5.31. The Labute approximate surface area is 97.0 Å². The third kappa shape index (κ3) is 3.22. The zero-order valence-electron chi connectivity index (χ0n) is 10.4. The molecule has 0 aliphatic heterocycles. The summed E-state index contributed by atoms with van der Waals surface area (Å²) in [4.78, 5) is 6.17. The van der Waals surface area contributed by atoms with Crippen LogP contribution >= 0.6 is 0 Å². The number of nitrogens with one attached hydrogen (secondary N) is 1. The minimum Gasteiger partial charge on any atom is -0.384 e. The van der Waals surface area contributed by atoms with Gasteiger partial charge < -0.3 is 10.6 Å². The predicted octanol–water partition coefficient (Wildman–Crippen LogP) is 1.85. The van der Waals surface area contributed by atoms with Crippen LogP contribution in [0.25, 0.3) is 0 Å². The smallest absolute Gasteiger partial charge is 0.125 e. The lowest BCUT2D eigenvalue weighted by molar-refractivity contribution is 0.419. The quantitative estimate of drug-likeness (QED) is 0.603. The van der Waals surface area contributed by atoms with Gasteiger partial charge in [0.1, 0.15) is 5.84 Å². The molecule has 3 N–H and O–H groups in total. The van der Waals surface area contributed by atoms with Crippen LogP contribution in [0.4, 0.5) is 5.69 Å². The fraction of sp³-hybridized carbons (Fsp3) is 0.500. The molecule has 0 aromatic carbocycles. The van der Waals surface area contributed by atoms with Crippen molar-refractivity contribution in [2.45, 2.75) is 20.8 Å². The van der Waals surface area contributed by atoms with Gasteiger partial charge in [-0.25, -0.2) is 0 Å². The molecule has 1 aromatic heterocycles. The fourth-order valence-electron chi connectivity index (χ4n) is 1.71. The number of amidine groups is 1. The van der Waals surface area contributed by atoms with E-state index in [-0.39, 0.29) is 11.3 Å². The first-order valence-electron chi connectivity index (χ1n) is 5.31. The van der Waals surface area contributed by atoms with Gasteiger partial charge in [-0.2, -0.15) is 0 Å². The molecule has 4 heteroatoms. The maximum Gasteiger partial charge on any atom is 0.125 e. The van der Waals surface area contributed by atoms with Gasteiger partial charge in [-0.3, -0.25) is 10.4 Å². The summed E-state index contributed by atoms with van der Waals surface area (Å²) >= 11 is 0. The predicted molar refractivity (Wildman–Crippen MR) is 68.0 cm³/mol. The van der Waals surface area contributed by atoms with Crippen LogP contribution in [0.1, 0.15) is 26.3 Å². The number of pyridine rings is 1. The third-order valence-corrected chi connectivity index (χ3v) is 2.21. The summed E-state index contributed by atoms with van der Waals surface area (Å²) in [5.41, 5.74) is 7.38. The van der Waals surface area contributed by atoms with Crippen LogP contribution in [0.5, 0.6) is 0 Å². The SMILES string of the molecule is CN(CC(C)(C)C)c1cnccc1C(=N)N. The minimum atomic E-state index is 0.0816. The van der Waals surface area contributed by atoms with Crippen LogP contribution in [0, 0.1) is 10.8 Å². The van der Waals surface area contributed by atoms with Crippen molar-refractivity contribution in [3.8, 4) is 0 Å². The van der Waals surface area contributed by atoms with Gasteiger partial charge in [-0.15, -0.1) is 0 Å². The van der Waals surface area contributed by atoms with E-state index in [4.69, 9.17) is 11.1 Å². The lowest BCUT2D eigenvalue weighted by Crippen LogP contribution is -2.31. The minimum absolute atomic E-state index is 0.0816. The van der Waals surface area contributed by atoms with E-state index in [0.717, 1.165) is 17.8 Å². The number of rotatable bonds is 3. The molecule has 0 amide bonds. The summed E-state index contributed by atoms with van der Waals surface area (Å²) in [7, 11) is 1.99. The summed E-state index contributed by atoms with van der Waals surface area (Å²) < 4.78 is 0. The second-order valence-electron chi connectivity index (χ2n) is 5.22. The van der Waals surface area contributed by atoms with E-state index < -0.39 is 0 Å². The van der Waals surface area contributed by atoms with Gasteiger partial charge in [0.15, 0.2) is 0 Å². The molecule has 1 rings (SSSR count). The van der Waals surface area contributed by atoms with E-state index in [1.165, 1.54) is 0 Å². The van der Waals surface area contributed by atoms with Crippen LogP contribution < -0.4 is 10.6 Å². The average Bonchev–Trinajstić information content (AvgIpc) is 2.15. The second-order valence-corrected chi connectivity index (χ2v) is 5.22. The molecule has 0 unspecified atom stereocenters. The van der Waals surface area contributed by atoms with Crippen LogP contribution in [-0.4, -0.2) is 24.4 Å². The van der Waals surface area contributed by atoms with Crippen LogP contribution in [0.3, 0.4) is 0 Å². The average molecular weight is 220 g/mol. The maximum atomic E-state index is 7.52. The zero-order valence-corrected chi connectivity index (χ0v) is 10.4. The summed E-state index contributed by atoms with van der Waals surface area (Å²) in [6, 6.07) is 1.77. The van der Waals surface area contributed by atoms with Gasteiger partial charge in [-0.05, 0) is 11.5 Å². The van der Waals surface area contributed by atoms with Crippen LogP contribution in [0.15, 0.2) is 18.5 Å². The maximum absolute atomic E-state index is 7.52. The normalized spacial score (nSPS) is 11.2. The first-order chi connectivity index (χ1) is 7.31. The molecule has 0 bridgehead atoms. The third-order valence-electron chi connectivity index (χ3n) is 2.21. The van der Waals surface area contributed by atoms with Gasteiger partial charge in [0, 0.05) is 25.4 Å². The second kappa shape index (κ2) is 4.51. The Balaban J connectivity index is 2.99. The Morgan fingerprint density at radius 3 is 2.62 bits per heavy atom. The van der Waals surface area contributed by atoms with Crippen molar-refractivity contribution < 1.29 is 0 Å². The molecule has 0 aliphatic carbocycles. The van der Waals surface area contributed by atoms with Crippen molar-refractivity contribution in [3.63, 3.8) is 0 Å². The van der Waals surface area contributed by atoms with E-state index >= 15 is 0 Å². The summed E-state index contributed by atoms with van der Waals surface area (Å²) in [6.45, 7) is 7.41. The topological polar surface area (TPSA) is 66.0 Å². The zero-order chi connectivity index (χ0) is 12.3. The van der Waals surface area contributed by atoms with E-state index in [0.29, 0.717) is 0 Å². The van der Waals surface area contributed by atoms with Gasteiger partial charge in [0.25, 0.3) is 0 Å². The Morgan fingerprint density at radius 2 is 2.12 bits per heavy atom. The Kier molecular flexibility index (Phi) is 3.52. The van der Waals surface area contributed by atoms with Gasteiger partial charge in [-0.1, -0.05) is 20.8 Å². The molecule has 16 heavy (non-hydrogen) atoms. The number of aromatic nitrogens is 1. The Hall–Kier alpha value is -1.58. The van der Waals surface area contributed by atoms with Crippen molar-refractivity contribution in [2.24, 2.45) is 11.1 Å². The molecule has 0 spiro atoms. The van der Waals surface area contributed by atoms with E-state index in [1.54, 1.807) is 18.5 Å². The highest BCUT2D eigenvalue weighted by Crippen LogP contribution is 2.22. The van der Waals surface area contributed by atoms with E-state index in [1.807, 2.05) is 7.05 Å². The molecule has 88 valence electrons. The molecule has 1 heterocycles. The highest BCUT2D eigenvalue weighted by Gasteiger charge is 2.16. The molecular formula is C12H20N4. The first kappa shape index (κ1) is 12.5. The molecule has 0 atom stereocenters. The van der Waals surface area contributed by atoms with Crippen molar-refractivity contribution >= 4 is 11.5 Å². The molecule has 0 radical (unpaired) electrons. The number of hydrogen-bond acceptors (Lipinski definition) is 3. The van der Waals surface area contributed by atoms with Crippen LogP contribution in [0.2, 0.25) is 0 Å². The van der Waals surface area contributed by atoms with Crippen molar-refractivity contribution in [2.75, 3.05) is 18.5 Å². The number of anilines is 1.